The summed E-state index contributed by atoms with van der Waals surface area (Å²) in [4.78, 5) is 3.72. The molecule has 0 atom stereocenters. The minimum atomic E-state index is -4.43. The maximum absolute atomic E-state index is 12.8. The van der Waals surface area contributed by atoms with Crippen molar-refractivity contribution in [1.29, 1.82) is 0 Å². The van der Waals surface area contributed by atoms with Crippen molar-refractivity contribution < 1.29 is 18.3 Å². The van der Waals surface area contributed by atoms with Gasteiger partial charge in [0, 0.05) is 18.0 Å². The fraction of sp³-hybridized carbons (Fsp3) is 0.154. The van der Waals surface area contributed by atoms with E-state index in [-0.39, 0.29) is 11.3 Å². The molecule has 0 bridgehead atoms. The standard InChI is InChI=1S/C13H10F3NO/c1-8-6-9(2-3-12(8)18)10-7-17-5-4-11(10)13(14,15)16/h2-7,18H,1H3. The van der Waals surface area contributed by atoms with Crippen LogP contribution >= 0.6 is 0 Å². The van der Waals surface area contributed by atoms with Crippen molar-refractivity contribution >= 4 is 0 Å². The maximum atomic E-state index is 12.8. The Morgan fingerprint density at radius 2 is 1.89 bits per heavy atom. The largest absolute Gasteiger partial charge is 0.508 e. The Labute approximate surface area is 102 Å². The van der Waals surface area contributed by atoms with Crippen LogP contribution in [-0.4, -0.2) is 10.1 Å². The highest BCUT2D eigenvalue weighted by Crippen LogP contribution is 2.37. The lowest BCUT2D eigenvalue weighted by Gasteiger charge is -2.12. The summed E-state index contributed by atoms with van der Waals surface area (Å²) in [7, 11) is 0. The van der Waals surface area contributed by atoms with Crippen LogP contribution in [0.5, 0.6) is 5.75 Å². The molecule has 0 aliphatic heterocycles. The van der Waals surface area contributed by atoms with Gasteiger partial charge in [-0.05, 0) is 36.2 Å². The second kappa shape index (κ2) is 4.33. The third-order valence-corrected chi connectivity index (χ3v) is 2.63. The lowest BCUT2D eigenvalue weighted by atomic mass is 10.00. The molecule has 18 heavy (non-hydrogen) atoms. The molecule has 1 heterocycles. The smallest absolute Gasteiger partial charge is 0.417 e. The summed E-state index contributed by atoms with van der Waals surface area (Å²) < 4.78 is 38.5. The number of pyridine rings is 1. The summed E-state index contributed by atoms with van der Waals surface area (Å²) in [6.45, 7) is 1.63. The Morgan fingerprint density at radius 3 is 2.50 bits per heavy atom. The molecule has 94 valence electrons. The molecule has 0 fully saturated rings. The Bertz CT molecular complexity index is 579. The lowest BCUT2D eigenvalue weighted by Crippen LogP contribution is -2.07. The molecular weight excluding hydrogens is 243 g/mol. The van der Waals surface area contributed by atoms with Crippen LogP contribution < -0.4 is 0 Å². The van der Waals surface area contributed by atoms with Crippen molar-refractivity contribution in [2.75, 3.05) is 0 Å². The van der Waals surface area contributed by atoms with E-state index >= 15 is 0 Å². The van der Waals surface area contributed by atoms with Crippen molar-refractivity contribution in [1.82, 2.24) is 4.98 Å². The van der Waals surface area contributed by atoms with E-state index in [0.29, 0.717) is 11.1 Å². The van der Waals surface area contributed by atoms with Gasteiger partial charge in [0.15, 0.2) is 0 Å². The molecule has 2 nitrogen and oxygen atoms in total. The van der Waals surface area contributed by atoms with Crippen molar-refractivity contribution in [3.8, 4) is 16.9 Å². The fourth-order valence-electron chi connectivity index (χ4n) is 1.69. The molecule has 0 unspecified atom stereocenters. The van der Waals surface area contributed by atoms with Gasteiger partial charge in [0.25, 0.3) is 0 Å². The van der Waals surface area contributed by atoms with E-state index in [0.717, 1.165) is 12.3 Å². The van der Waals surface area contributed by atoms with E-state index in [4.69, 9.17) is 0 Å². The lowest BCUT2D eigenvalue weighted by molar-refractivity contribution is -0.137. The van der Waals surface area contributed by atoms with Gasteiger partial charge in [0.1, 0.15) is 5.75 Å². The molecule has 0 amide bonds. The highest BCUT2D eigenvalue weighted by molar-refractivity contribution is 5.68. The number of alkyl halides is 3. The average Bonchev–Trinajstić information content (AvgIpc) is 2.32. The van der Waals surface area contributed by atoms with E-state index in [1.807, 2.05) is 0 Å². The Hall–Kier alpha value is -2.04. The monoisotopic (exact) mass is 253 g/mol. The number of aromatic nitrogens is 1. The quantitative estimate of drug-likeness (QED) is 0.838. The number of hydrogen-bond donors (Lipinski definition) is 1. The SMILES string of the molecule is Cc1cc(-c2cnccc2C(F)(F)F)ccc1O. The van der Waals surface area contributed by atoms with Gasteiger partial charge in [0.05, 0.1) is 5.56 Å². The number of nitrogens with zero attached hydrogens (tertiary/aromatic N) is 1. The summed E-state index contributed by atoms with van der Waals surface area (Å²) in [5, 5.41) is 9.38. The highest BCUT2D eigenvalue weighted by Gasteiger charge is 2.33. The number of phenolic OH excluding ortho intramolecular Hbond substituents is 1. The highest BCUT2D eigenvalue weighted by atomic mass is 19.4. The van der Waals surface area contributed by atoms with Gasteiger partial charge in [-0.1, -0.05) is 6.07 Å². The maximum Gasteiger partial charge on any atom is 0.417 e. The van der Waals surface area contributed by atoms with Crippen LogP contribution in [0, 0.1) is 6.92 Å². The molecule has 1 aromatic carbocycles. The zero-order valence-electron chi connectivity index (χ0n) is 9.49. The van der Waals surface area contributed by atoms with Crippen LogP contribution in [0.3, 0.4) is 0 Å². The van der Waals surface area contributed by atoms with Crippen LogP contribution in [0.4, 0.5) is 13.2 Å². The van der Waals surface area contributed by atoms with Gasteiger partial charge >= 0.3 is 6.18 Å². The second-order valence-corrected chi connectivity index (χ2v) is 3.92. The predicted octanol–water partition coefficient (Wildman–Crippen LogP) is 3.78. The Morgan fingerprint density at radius 1 is 1.17 bits per heavy atom. The fourth-order valence-corrected chi connectivity index (χ4v) is 1.69. The van der Waals surface area contributed by atoms with E-state index in [1.165, 1.54) is 24.4 Å². The van der Waals surface area contributed by atoms with Gasteiger partial charge in [-0.3, -0.25) is 4.98 Å². The molecule has 0 aliphatic carbocycles. The number of benzene rings is 1. The number of aryl methyl sites for hydroxylation is 1. The third kappa shape index (κ3) is 2.30. The van der Waals surface area contributed by atoms with E-state index in [1.54, 1.807) is 6.92 Å². The molecular formula is C13H10F3NO. The van der Waals surface area contributed by atoms with Crippen LogP contribution in [0.1, 0.15) is 11.1 Å². The zero-order chi connectivity index (χ0) is 13.3. The molecule has 0 aliphatic rings. The van der Waals surface area contributed by atoms with Crippen molar-refractivity contribution in [2.45, 2.75) is 13.1 Å². The van der Waals surface area contributed by atoms with E-state index in [2.05, 4.69) is 4.98 Å². The normalized spacial score (nSPS) is 11.6. The summed E-state index contributed by atoms with van der Waals surface area (Å²) in [5.41, 5.74) is 0.172. The molecule has 0 saturated heterocycles. The summed E-state index contributed by atoms with van der Waals surface area (Å²) >= 11 is 0. The first-order valence-electron chi connectivity index (χ1n) is 5.21. The minimum absolute atomic E-state index is 0.00750. The predicted molar refractivity (Wildman–Crippen MR) is 61.1 cm³/mol. The van der Waals surface area contributed by atoms with Gasteiger partial charge in [-0.2, -0.15) is 13.2 Å². The number of phenols is 1. The van der Waals surface area contributed by atoms with Gasteiger partial charge in [-0.15, -0.1) is 0 Å². The topological polar surface area (TPSA) is 33.1 Å². The zero-order valence-corrected chi connectivity index (χ0v) is 9.49. The molecule has 2 rings (SSSR count). The first-order valence-corrected chi connectivity index (χ1v) is 5.21. The van der Waals surface area contributed by atoms with Crippen molar-refractivity contribution in [2.24, 2.45) is 0 Å². The summed E-state index contributed by atoms with van der Waals surface area (Å²) in [6, 6.07) is 5.26. The van der Waals surface area contributed by atoms with E-state index in [9.17, 15) is 18.3 Å². The number of hydrogen-bond acceptors (Lipinski definition) is 2. The van der Waals surface area contributed by atoms with E-state index < -0.39 is 11.7 Å². The van der Waals surface area contributed by atoms with Crippen LogP contribution in [0.2, 0.25) is 0 Å². The average molecular weight is 253 g/mol. The summed E-state index contributed by atoms with van der Waals surface area (Å²) in [5.74, 6) is 0.0520. The molecule has 0 radical (unpaired) electrons. The molecule has 1 N–H and O–H groups in total. The molecule has 0 spiro atoms. The first-order chi connectivity index (χ1) is 8.39. The minimum Gasteiger partial charge on any atom is -0.508 e. The van der Waals surface area contributed by atoms with Crippen LogP contribution in [0.15, 0.2) is 36.7 Å². The molecule has 5 heteroatoms. The van der Waals surface area contributed by atoms with Crippen LogP contribution in [0.25, 0.3) is 11.1 Å². The molecule has 1 aromatic heterocycles. The van der Waals surface area contributed by atoms with Crippen molar-refractivity contribution in [3.63, 3.8) is 0 Å². The Balaban J connectivity index is 2.61. The first kappa shape index (κ1) is 12.4. The summed E-state index contributed by atoms with van der Waals surface area (Å²) in [6.07, 6.45) is -2.14. The Kier molecular flexibility index (Phi) is 2.98. The second-order valence-electron chi connectivity index (χ2n) is 3.92. The molecule has 0 saturated carbocycles. The van der Waals surface area contributed by atoms with Crippen LogP contribution in [-0.2, 0) is 6.18 Å². The van der Waals surface area contributed by atoms with Gasteiger partial charge < -0.3 is 5.11 Å². The number of rotatable bonds is 1. The van der Waals surface area contributed by atoms with Gasteiger partial charge in [-0.25, -0.2) is 0 Å². The number of aromatic hydroxyl groups is 1. The molecule has 2 aromatic rings. The number of halogens is 3. The van der Waals surface area contributed by atoms with Gasteiger partial charge in [0.2, 0.25) is 0 Å². The van der Waals surface area contributed by atoms with Crippen molar-refractivity contribution in [3.05, 3.63) is 47.8 Å². The third-order valence-electron chi connectivity index (χ3n) is 2.63.